The molecule has 1 rings (SSSR count). The summed E-state index contributed by atoms with van der Waals surface area (Å²) in [7, 11) is 2.03. The smallest absolute Gasteiger partial charge is 0.0628 e. The van der Waals surface area contributed by atoms with Gasteiger partial charge in [0.25, 0.3) is 0 Å². The second-order valence-corrected chi connectivity index (χ2v) is 8.08. The van der Waals surface area contributed by atoms with Crippen molar-refractivity contribution in [1.29, 1.82) is 0 Å². The van der Waals surface area contributed by atoms with Crippen LogP contribution in [0.1, 0.15) is 60.8 Å². The van der Waals surface area contributed by atoms with Crippen LogP contribution in [0, 0.1) is 16.7 Å². The van der Waals surface area contributed by atoms with Gasteiger partial charge in [-0.3, -0.25) is 0 Å². The molecule has 2 heteroatoms. The lowest BCUT2D eigenvalue weighted by Crippen LogP contribution is -2.44. The minimum atomic E-state index is 0.255. The first-order valence-electron chi connectivity index (χ1n) is 7.43. The maximum Gasteiger partial charge on any atom is 0.0628 e. The summed E-state index contributed by atoms with van der Waals surface area (Å²) in [6, 6.07) is 0.429. The third-order valence-corrected chi connectivity index (χ3v) is 4.24. The van der Waals surface area contributed by atoms with E-state index < -0.39 is 0 Å². The molecule has 0 aliphatic heterocycles. The molecule has 1 saturated carbocycles. The first-order valence-corrected chi connectivity index (χ1v) is 7.43. The highest BCUT2D eigenvalue weighted by molar-refractivity contribution is 4.85. The molecule has 3 unspecified atom stereocenters. The topological polar surface area (TPSA) is 21.3 Å². The van der Waals surface area contributed by atoms with E-state index in [-0.39, 0.29) is 5.41 Å². The van der Waals surface area contributed by atoms with Crippen LogP contribution in [0.2, 0.25) is 0 Å². The van der Waals surface area contributed by atoms with E-state index in [1.165, 1.54) is 19.3 Å². The molecule has 0 amide bonds. The number of rotatable bonds is 4. The molecule has 0 spiro atoms. The van der Waals surface area contributed by atoms with Gasteiger partial charge in [-0.15, -0.1) is 0 Å². The van der Waals surface area contributed by atoms with E-state index in [2.05, 4.69) is 46.9 Å². The average Bonchev–Trinajstić information content (AvgIpc) is 2.12. The van der Waals surface area contributed by atoms with E-state index in [0.29, 0.717) is 17.6 Å². The highest BCUT2D eigenvalue weighted by atomic mass is 16.5. The lowest BCUT2D eigenvalue weighted by molar-refractivity contribution is -0.0401. The van der Waals surface area contributed by atoms with E-state index in [9.17, 15) is 0 Å². The predicted molar refractivity (Wildman–Crippen MR) is 78.8 cm³/mol. The Hall–Kier alpha value is -0.0800. The van der Waals surface area contributed by atoms with Gasteiger partial charge in [-0.05, 0) is 43.1 Å². The monoisotopic (exact) mass is 255 g/mol. The molecule has 0 aromatic rings. The summed E-state index contributed by atoms with van der Waals surface area (Å²) in [5.74, 6) is 0.793. The van der Waals surface area contributed by atoms with Gasteiger partial charge >= 0.3 is 0 Å². The van der Waals surface area contributed by atoms with Crippen LogP contribution in [0.3, 0.4) is 0 Å². The summed E-state index contributed by atoms with van der Waals surface area (Å²) < 4.78 is 6.21. The molecule has 108 valence electrons. The molecule has 0 radical (unpaired) electrons. The van der Waals surface area contributed by atoms with Gasteiger partial charge < -0.3 is 10.1 Å². The van der Waals surface area contributed by atoms with Crippen LogP contribution in [0.4, 0.5) is 0 Å². The molecule has 0 bridgehead atoms. The number of nitrogens with one attached hydrogen (secondary N) is 1. The van der Waals surface area contributed by atoms with Crippen molar-refractivity contribution < 1.29 is 4.74 Å². The molecule has 2 nitrogen and oxygen atoms in total. The van der Waals surface area contributed by atoms with Crippen molar-refractivity contribution in [3.63, 3.8) is 0 Å². The Balaban J connectivity index is 2.47. The fourth-order valence-corrected chi connectivity index (χ4v) is 3.38. The molecule has 1 aliphatic rings. The van der Waals surface area contributed by atoms with Gasteiger partial charge in [0.1, 0.15) is 0 Å². The van der Waals surface area contributed by atoms with Crippen molar-refractivity contribution in [3.05, 3.63) is 0 Å². The lowest BCUT2D eigenvalue weighted by atomic mass is 9.71. The standard InChI is InChI=1S/C16H33NO/c1-12-8-13(10-16(5,6)9-12)18-11-14(17-7)15(2,3)4/h12-14,17H,8-11H2,1-7H3. The Morgan fingerprint density at radius 3 is 2.33 bits per heavy atom. The van der Waals surface area contributed by atoms with Crippen LogP contribution in [0.15, 0.2) is 0 Å². The van der Waals surface area contributed by atoms with Crippen LogP contribution in [0.5, 0.6) is 0 Å². The molecule has 0 aromatic heterocycles. The van der Waals surface area contributed by atoms with E-state index >= 15 is 0 Å². The SMILES string of the molecule is CNC(COC1CC(C)CC(C)(C)C1)C(C)(C)C. The van der Waals surface area contributed by atoms with Gasteiger partial charge in [0.05, 0.1) is 12.7 Å². The number of hydrogen-bond acceptors (Lipinski definition) is 2. The van der Waals surface area contributed by atoms with Gasteiger partial charge in [-0.1, -0.05) is 41.5 Å². The van der Waals surface area contributed by atoms with Crippen molar-refractivity contribution in [2.45, 2.75) is 73.0 Å². The van der Waals surface area contributed by atoms with Gasteiger partial charge in [0.2, 0.25) is 0 Å². The highest BCUT2D eigenvalue weighted by Gasteiger charge is 2.33. The summed E-state index contributed by atoms with van der Waals surface area (Å²) >= 11 is 0. The molecule has 1 N–H and O–H groups in total. The Morgan fingerprint density at radius 2 is 1.89 bits per heavy atom. The molecule has 1 fully saturated rings. The zero-order chi connectivity index (χ0) is 14.0. The van der Waals surface area contributed by atoms with Crippen molar-refractivity contribution in [3.8, 4) is 0 Å². The third-order valence-electron chi connectivity index (χ3n) is 4.24. The zero-order valence-electron chi connectivity index (χ0n) is 13.5. The van der Waals surface area contributed by atoms with E-state index in [1.807, 2.05) is 7.05 Å². The van der Waals surface area contributed by atoms with Gasteiger partial charge in [-0.25, -0.2) is 0 Å². The Bertz CT molecular complexity index is 254. The van der Waals surface area contributed by atoms with Crippen LogP contribution in [-0.4, -0.2) is 25.8 Å². The van der Waals surface area contributed by atoms with Crippen molar-refractivity contribution in [2.24, 2.45) is 16.7 Å². The molecule has 0 aromatic carbocycles. The molecule has 0 saturated heterocycles. The molecular formula is C16H33NO. The van der Waals surface area contributed by atoms with Gasteiger partial charge in [0, 0.05) is 6.04 Å². The second kappa shape index (κ2) is 5.92. The number of hydrogen-bond donors (Lipinski definition) is 1. The summed E-state index contributed by atoms with van der Waals surface area (Å²) in [6.07, 6.45) is 4.21. The maximum atomic E-state index is 6.21. The molecular weight excluding hydrogens is 222 g/mol. The predicted octanol–water partition coefficient (Wildman–Crippen LogP) is 3.85. The second-order valence-electron chi connectivity index (χ2n) is 8.08. The fraction of sp³-hybridized carbons (Fsp3) is 1.00. The minimum absolute atomic E-state index is 0.255. The fourth-order valence-electron chi connectivity index (χ4n) is 3.38. The third kappa shape index (κ3) is 4.89. The van der Waals surface area contributed by atoms with E-state index in [4.69, 9.17) is 4.74 Å². The van der Waals surface area contributed by atoms with Crippen molar-refractivity contribution in [1.82, 2.24) is 5.32 Å². The van der Waals surface area contributed by atoms with Crippen LogP contribution < -0.4 is 5.32 Å². The highest BCUT2D eigenvalue weighted by Crippen LogP contribution is 2.39. The summed E-state index contributed by atoms with van der Waals surface area (Å²) in [5.41, 5.74) is 0.698. The Labute approximate surface area is 114 Å². The molecule has 18 heavy (non-hydrogen) atoms. The zero-order valence-corrected chi connectivity index (χ0v) is 13.5. The first kappa shape index (κ1) is 16.0. The maximum absolute atomic E-state index is 6.21. The largest absolute Gasteiger partial charge is 0.377 e. The van der Waals surface area contributed by atoms with Crippen LogP contribution in [-0.2, 0) is 4.74 Å². The first-order chi connectivity index (χ1) is 8.14. The summed E-state index contributed by atoms with van der Waals surface area (Å²) in [4.78, 5) is 0. The number of likely N-dealkylation sites (N-methyl/N-ethyl adjacent to an activating group) is 1. The van der Waals surface area contributed by atoms with Gasteiger partial charge in [0.15, 0.2) is 0 Å². The molecule has 0 heterocycles. The van der Waals surface area contributed by atoms with Crippen LogP contribution in [0.25, 0.3) is 0 Å². The van der Waals surface area contributed by atoms with E-state index in [1.54, 1.807) is 0 Å². The number of ether oxygens (including phenoxy) is 1. The van der Waals surface area contributed by atoms with Crippen LogP contribution >= 0.6 is 0 Å². The lowest BCUT2D eigenvalue weighted by Gasteiger charge is -2.40. The van der Waals surface area contributed by atoms with Crippen molar-refractivity contribution >= 4 is 0 Å². The summed E-state index contributed by atoms with van der Waals surface area (Å²) in [5, 5.41) is 3.39. The van der Waals surface area contributed by atoms with E-state index in [0.717, 1.165) is 12.5 Å². The van der Waals surface area contributed by atoms with Gasteiger partial charge in [-0.2, -0.15) is 0 Å². The van der Waals surface area contributed by atoms with Crippen molar-refractivity contribution in [2.75, 3.05) is 13.7 Å². The Morgan fingerprint density at radius 1 is 1.28 bits per heavy atom. The minimum Gasteiger partial charge on any atom is -0.377 e. The molecule has 3 atom stereocenters. The normalized spacial score (nSPS) is 30.2. The Kier molecular flexibility index (Phi) is 5.25. The average molecular weight is 255 g/mol. The molecule has 1 aliphatic carbocycles. The quantitative estimate of drug-likeness (QED) is 0.824. The summed E-state index contributed by atoms with van der Waals surface area (Å²) in [6.45, 7) is 14.7.